The van der Waals surface area contributed by atoms with E-state index >= 15 is 0 Å². The lowest BCUT2D eigenvalue weighted by molar-refractivity contribution is 0.149. The summed E-state index contributed by atoms with van der Waals surface area (Å²) in [5.41, 5.74) is 0.959. The van der Waals surface area contributed by atoms with Crippen molar-refractivity contribution in [3.63, 3.8) is 0 Å². The molecule has 0 amide bonds. The first kappa shape index (κ1) is 14.2. The van der Waals surface area contributed by atoms with Gasteiger partial charge in [-0.05, 0) is 18.7 Å². The lowest BCUT2D eigenvalue weighted by Gasteiger charge is -2.06. The Morgan fingerprint density at radius 2 is 2.32 bits per heavy atom. The van der Waals surface area contributed by atoms with Crippen molar-refractivity contribution in [3.05, 3.63) is 47.1 Å². The highest BCUT2D eigenvalue weighted by Gasteiger charge is 2.15. The Morgan fingerprint density at radius 3 is 3.05 bits per heavy atom. The van der Waals surface area contributed by atoms with Crippen molar-refractivity contribution in [2.45, 2.75) is 20.1 Å². The third kappa shape index (κ3) is 3.21. The summed E-state index contributed by atoms with van der Waals surface area (Å²) in [6, 6.07) is 5.21. The number of nitrogens with one attached hydrogen (secondary N) is 1. The Balaban J connectivity index is 2.38. The van der Waals surface area contributed by atoms with Crippen molar-refractivity contribution in [2.24, 2.45) is 0 Å². The molecule has 1 aromatic heterocycles. The number of fused-ring (bicyclic) bond motifs is 1. The van der Waals surface area contributed by atoms with Crippen LogP contribution in [0.3, 0.4) is 0 Å². The minimum atomic E-state index is -0.172. The molecule has 2 nitrogen and oxygen atoms in total. The third-order valence-corrected chi connectivity index (χ3v) is 4.06. The van der Waals surface area contributed by atoms with Gasteiger partial charge in [0, 0.05) is 27.1 Å². The fourth-order valence-corrected chi connectivity index (χ4v) is 3.19. The third-order valence-electron chi connectivity index (χ3n) is 2.86. The molecule has 0 fully saturated rings. The molecule has 2 aromatic rings. The summed E-state index contributed by atoms with van der Waals surface area (Å²) in [5.74, 6) is -0.172. The number of ether oxygens (including phenoxy) is 1. The summed E-state index contributed by atoms with van der Waals surface area (Å²) in [6.07, 6.45) is 1.70. The molecular weight excluding hydrogens is 261 g/mol. The predicted molar refractivity (Wildman–Crippen MR) is 79.0 cm³/mol. The van der Waals surface area contributed by atoms with E-state index < -0.39 is 0 Å². The zero-order valence-corrected chi connectivity index (χ0v) is 11.9. The van der Waals surface area contributed by atoms with Crippen LogP contribution in [-0.2, 0) is 17.9 Å². The second kappa shape index (κ2) is 6.80. The van der Waals surface area contributed by atoms with E-state index in [-0.39, 0.29) is 5.82 Å². The minimum absolute atomic E-state index is 0.172. The normalized spacial score (nSPS) is 11.1. The topological polar surface area (TPSA) is 21.3 Å². The van der Waals surface area contributed by atoms with E-state index in [0.29, 0.717) is 18.6 Å². The van der Waals surface area contributed by atoms with E-state index in [2.05, 4.69) is 18.8 Å². The van der Waals surface area contributed by atoms with Crippen molar-refractivity contribution in [1.82, 2.24) is 5.32 Å². The van der Waals surface area contributed by atoms with E-state index in [1.165, 1.54) is 6.07 Å². The second-order valence-corrected chi connectivity index (χ2v) is 5.34. The van der Waals surface area contributed by atoms with E-state index in [1.807, 2.05) is 6.07 Å². The molecule has 19 heavy (non-hydrogen) atoms. The Bertz CT molecular complexity index is 565. The summed E-state index contributed by atoms with van der Waals surface area (Å²) >= 11 is 1.63. The highest BCUT2D eigenvalue weighted by atomic mass is 32.1. The molecular formula is C15H18FNOS. The fraction of sp³-hybridized carbons (Fsp3) is 0.333. The first-order chi connectivity index (χ1) is 9.27. The lowest BCUT2D eigenvalue weighted by atomic mass is 10.1. The summed E-state index contributed by atoms with van der Waals surface area (Å²) in [5, 5.41) is 3.99. The van der Waals surface area contributed by atoms with Gasteiger partial charge in [0.25, 0.3) is 0 Å². The molecule has 0 bridgehead atoms. The van der Waals surface area contributed by atoms with Gasteiger partial charge in [-0.15, -0.1) is 17.9 Å². The number of halogens is 1. The van der Waals surface area contributed by atoms with Gasteiger partial charge in [-0.1, -0.05) is 19.1 Å². The molecule has 0 unspecified atom stereocenters. The number of hydrogen-bond donors (Lipinski definition) is 1. The van der Waals surface area contributed by atoms with E-state index in [9.17, 15) is 4.39 Å². The summed E-state index contributed by atoms with van der Waals surface area (Å²) < 4.78 is 20.5. The van der Waals surface area contributed by atoms with Crippen LogP contribution in [0.5, 0.6) is 0 Å². The molecule has 0 aliphatic heterocycles. The number of thiophene rings is 1. The number of benzene rings is 1. The molecule has 1 heterocycles. The Labute approximate surface area is 116 Å². The molecule has 0 saturated heterocycles. The molecule has 0 aliphatic carbocycles. The largest absolute Gasteiger partial charge is 0.373 e. The Hall–Kier alpha value is -1.23. The van der Waals surface area contributed by atoms with E-state index in [1.54, 1.807) is 23.5 Å². The first-order valence-electron chi connectivity index (χ1n) is 6.36. The molecule has 1 N–H and O–H groups in total. The maximum atomic E-state index is 14.0. The van der Waals surface area contributed by atoms with Crippen LogP contribution in [0.2, 0.25) is 0 Å². The maximum absolute atomic E-state index is 14.0. The Kier molecular flexibility index (Phi) is 5.07. The minimum Gasteiger partial charge on any atom is -0.373 e. The first-order valence-corrected chi connectivity index (χ1v) is 7.17. The van der Waals surface area contributed by atoms with Crippen LogP contribution in [-0.4, -0.2) is 13.2 Å². The second-order valence-electron chi connectivity index (χ2n) is 4.20. The quantitative estimate of drug-likeness (QED) is 0.614. The van der Waals surface area contributed by atoms with Crippen LogP contribution >= 0.6 is 11.3 Å². The average Bonchev–Trinajstić information content (AvgIpc) is 2.76. The summed E-state index contributed by atoms with van der Waals surface area (Å²) in [7, 11) is 0. The van der Waals surface area contributed by atoms with Gasteiger partial charge in [-0.2, -0.15) is 0 Å². The molecule has 0 spiro atoms. The van der Waals surface area contributed by atoms with Gasteiger partial charge in [-0.25, -0.2) is 4.39 Å². The molecule has 102 valence electrons. The summed E-state index contributed by atoms with van der Waals surface area (Å²) in [4.78, 5) is 1.14. The monoisotopic (exact) mass is 279 g/mol. The Morgan fingerprint density at radius 1 is 1.47 bits per heavy atom. The zero-order valence-electron chi connectivity index (χ0n) is 11.0. The van der Waals surface area contributed by atoms with Crippen LogP contribution in [0.25, 0.3) is 10.1 Å². The van der Waals surface area contributed by atoms with Crippen LogP contribution in [0.15, 0.2) is 30.9 Å². The van der Waals surface area contributed by atoms with E-state index in [4.69, 9.17) is 4.74 Å². The van der Waals surface area contributed by atoms with Crippen LogP contribution < -0.4 is 5.32 Å². The molecule has 1 aromatic carbocycles. The molecule has 4 heteroatoms. The lowest BCUT2D eigenvalue weighted by Crippen LogP contribution is -2.12. The van der Waals surface area contributed by atoms with Gasteiger partial charge >= 0.3 is 0 Å². The van der Waals surface area contributed by atoms with Gasteiger partial charge in [0.05, 0.1) is 13.2 Å². The number of rotatable bonds is 7. The van der Waals surface area contributed by atoms with Crippen molar-refractivity contribution in [2.75, 3.05) is 13.2 Å². The fourth-order valence-electron chi connectivity index (χ4n) is 1.99. The molecule has 0 atom stereocenters. The molecule has 0 radical (unpaired) electrons. The highest BCUT2D eigenvalue weighted by molar-refractivity contribution is 7.19. The maximum Gasteiger partial charge on any atom is 0.132 e. The van der Waals surface area contributed by atoms with Crippen molar-refractivity contribution < 1.29 is 9.13 Å². The molecule has 0 aliphatic rings. The van der Waals surface area contributed by atoms with Crippen molar-refractivity contribution >= 4 is 21.4 Å². The zero-order chi connectivity index (χ0) is 13.7. The van der Waals surface area contributed by atoms with Crippen molar-refractivity contribution in [1.29, 1.82) is 0 Å². The standard InChI is InChI=1S/C15H18FNOS/c1-3-8-18-10-11-14(9-17-4-2)19-13-7-5-6-12(16)15(11)13/h3,5-7,17H,1,4,8-10H2,2H3. The number of hydrogen-bond acceptors (Lipinski definition) is 3. The van der Waals surface area contributed by atoms with Gasteiger partial charge in [0.1, 0.15) is 5.82 Å². The van der Waals surface area contributed by atoms with Crippen LogP contribution in [0, 0.1) is 5.82 Å². The van der Waals surface area contributed by atoms with Gasteiger partial charge < -0.3 is 10.1 Å². The average molecular weight is 279 g/mol. The van der Waals surface area contributed by atoms with Crippen molar-refractivity contribution in [3.8, 4) is 0 Å². The predicted octanol–water partition coefficient (Wildman–Crippen LogP) is 3.85. The van der Waals surface area contributed by atoms with Gasteiger partial charge in [0.15, 0.2) is 0 Å². The molecule has 2 rings (SSSR count). The van der Waals surface area contributed by atoms with Crippen LogP contribution in [0.4, 0.5) is 4.39 Å². The van der Waals surface area contributed by atoms with Crippen LogP contribution in [0.1, 0.15) is 17.4 Å². The molecule has 0 saturated carbocycles. The summed E-state index contributed by atoms with van der Waals surface area (Å²) in [6.45, 7) is 8.23. The smallest absolute Gasteiger partial charge is 0.132 e. The van der Waals surface area contributed by atoms with Gasteiger partial charge in [-0.3, -0.25) is 0 Å². The van der Waals surface area contributed by atoms with E-state index in [0.717, 1.165) is 28.2 Å². The van der Waals surface area contributed by atoms with Gasteiger partial charge in [0.2, 0.25) is 0 Å². The SMILES string of the molecule is C=CCOCc1c(CNCC)sc2cccc(F)c12. The highest BCUT2D eigenvalue weighted by Crippen LogP contribution is 2.33.